The molecule has 0 spiro atoms. The zero-order chi connectivity index (χ0) is 17.7. The maximum absolute atomic E-state index is 5.89. The zero-order valence-electron chi connectivity index (χ0n) is 15.1. The van der Waals surface area contributed by atoms with Crippen LogP contribution in [0.5, 0.6) is 0 Å². The molecule has 5 heteroatoms. The van der Waals surface area contributed by atoms with E-state index < -0.39 is 0 Å². The van der Waals surface area contributed by atoms with E-state index in [0.717, 1.165) is 55.4 Å². The largest absolute Gasteiger partial charge is 0.493 e. The second kappa shape index (κ2) is 5.73. The van der Waals surface area contributed by atoms with Crippen molar-refractivity contribution in [2.45, 2.75) is 43.4 Å². The Hall–Kier alpha value is -2.56. The van der Waals surface area contributed by atoms with Crippen LogP contribution in [0.15, 0.2) is 47.7 Å². The number of aromatic nitrogens is 3. The molecular weight excluding hydrogens is 324 g/mol. The van der Waals surface area contributed by atoms with Gasteiger partial charge in [0.25, 0.3) is 0 Å². The number of nitrogens with two attached hydrogens (primary N) is 1. The number of fused-ring (bicyclic) bond motifs is 1. The summed E-state index contributed by atoms with van der Waals surface area (Å²) in [4.78, 5) is 0. The molecule has 5 nitrogen and oxygen atoms in total. The Kier molecular flexibility index (Phi) is 3.45. The van der Waals surface area contributed by atoms with Gasteiger partial charge >= 0.3 is 0 Å². The van der Waals surface area contributed by atoms with E-state index in [9.17, 15) is 0 Å². The average molecular weight is 348 g/mol. The van der Waals surface area contributed by atoms with Crippen LogP contribution in [0.1, 0.15) is 55.2 Å². The molecular formula is C21H24N4O. The summed E-state index contributed by atoms with van der Waals surface area (Å²) in [6, 6.07) is 8.28. The first-order chi connectivity index (χ1) is 12.7. The fourth-order valence-corrected chi connectivity index (χ4v) is 4.62. The molecule has 134 valence electrons. The van der Waals surface area contributed by atoms with E-state index >= 15 is 0 Å². The molecule has 1 aromatic carbocycles. The van der Waals surface area contributed by atoms with Crippen molar-refractivity contribution >= 4 is 5.69 Å². The first-order valence-electron chi connectivity index (χ1n) is 9.47. The SMILES string of the molecule is Cn1c(C2C=C3CCOC3=CC2)nnc1C1(c2ccc(N)cc2)CCC1. The van der Waals surface area contributed by atoms with Crippen LogP contribution in [0.2, 0.25) is 0 Å². The van der Waals surface area contributed by atoms with Crippen LogP contribution in [0.25, 0.3) is 0 Å². The molecule has 0 amide bonds. The van der Waals surface area contributed by atoms with Crippen LogP contribution in [0.4, 0.5) is 5.69 Å². The highest BCUT2D eigenvalue weighted by atomic mass is 16.5. The molecule has 1 saturated heterocycles. The van der Waals surface area contributed by atoms with Gasteiger partial charge in [-0.3, -0.25) is 0 Å². The van der Waals surface area contributed by atoms with Crippen molar-refractivity contribution in [3.63, 3.8) is 0 Å². The van der Waals surface area contributed by atoms with Crippen molar-refractivity contribution in [1.29, 1.82) is 0 Å². The number of ether oxygens (including phenoxy) is 1. The predicted molar refractivity (Wildman–Crippen MR) is 101 cm³/mol. The Morgan fingerprint density at radius 3 is 2.73 bits per heavy atom. The lowest BCUT2D eigenvalue weighted by atomic mass is 9.63. The number of allylic oxidation sites excluding steroid dienone is 3. The third kappa shape index (κ3) is 2.23. The molecule has 1 aromatic heterocycles. The van der Waals surface area contributed by atoms with Crippen LogP contribution in [0, 0.1) is 0 Å². The van der Waals surface area contributed by atoms with Gasteiger partial charge in [-0.2, -0.15) is 0 Å². The Labute approximate surface area is 153 Å². The number of nitrogens with zero attached hydrogens (tertiary/aromatic N) is 3. The highest BCUT2D eigenvalue weighted by molar-refractivity contribution is 5.45. The molecule has 5 rings (SSSR count). The quantitative estimate of drug-likeness (QED) is 0.861. The number of nitrogen functional groups attached to an aromatic ring is 1. The minimum atomic E-state index is -0.0209. The van der Waals surface area contributed by atoms with Crippen LogP contribution < -0.4 is 5.73 Å². The van der Waals surface area contributed by atoms with Gasteiger partial charge in [0.1, 0.15) is 17.4 Å². The smallest absolute Gasteiger partial charge is 0.143 e. The van der Waals surface area contributed by atoms with Crippen molar-refractivity contribution in [3.8, 4) is 0 Å². The summed E-state index contributed by atoms with van der Waals surface area (Å²) in [5.41, 5.74) is 9.29. The fraction of sp³-hybridized carbons (Fsp3) is 0.429. The van der Waals surface area contributed by atoms with E-state index in [1.165, 1.54) is 17.6 Å². The average Bonchev–Trinajstić information content (AvgIpc) is 3.22. The molecule has 3 aliphatic rings. The van der Waals surface area contributed by atoms with E-state index in [-0.39, 0.29) is 11.3 Å². The molecule has 2 heterocycles. The summed E-state index contributed by atoms with van der Waals surface area (Å²) < 4.78 is 7.89. The van der Waals surface area contributed by atoms with Gasteiger partial charge < -0.3 is 15.0 Å². The molecule has 2 aliphatic carbocycles. The van der Waals surface area contributed by atoms with Crippen LogP contribution >= 0.6 is 0 Å². The van der Waals surface area contributed by atoms with Gasteiger partial charge in [-0.15, -0.1) is 10.2 Å². The van der Waals surface area contributed by atoms with E-state index in [1.54, 1.807) is 0 Å². The maximum atomic E-state index is 5.89. The van der Waals surface area contributed by atoms with E-state index in [2.05, 4.69) is 46.1 Å². The molecule has 2 fully saturated rings. The molecule has 0 bridgehead atoms. The summed E-state index contributed by atoms with van der Waals surface area (Å²) in [5, 5.41) is 9.29. The summed E-state index contributed by atoms with van der Waals surface area (Å²) >= 11 is 0. The van der Waals surface area contributed by atoms with Crippen molar-refractivity contribution in [2.75, 3.05) is 12.3 Å². The van der Waals surface area contributed by atoms with Crippen molar-refractivity contribution in [2.24, 2.45) is 7.05 Å². The molecule has 26 heavy (non-hydrogen) atoms. The number of rotatable bonds is 3. The lowest BCUT2D eigenvalue weighted by molar-refractivity contribution is 0.263. The van der Waals surface area contributed by atoms with Crippen LogP contribution in [0.3, 0.4) is 0 Å². The zero-order valence-corrected chi connectivity index (χ0v) is 15.1. The van der Waals surface area contributed by atoms with Gasteiger partial charge in [0.2, 0.25) is 0 Å². The van der Waals surface area contributed by atoms with Gasteiger partial charge in [0, 0.05) is 25.1 Å². The molecule has 1 aliphatic heterocycles. The summed E-state index contributed by atoms with van der Waals surface area (Å²) in [5.74, 6) is 3.49. The molecule has 2 aromatic rings. The van der Waals surface area contributed by atoms with Crippen LogP contribution in [-0.2, 0) is 17.2 Å². The van der Waals surface area contributed by atoms with Crippen molar-refractivity contribution in [1.82, 2.24) is 14.8 Å². The van der Waals surface area contributed by atoms with Gasteiger partial charge in [0.15, 0.2) is 0 Å². The predicted octanol–water partition coefficient (Wildman–Crippen LogP) is 3.59. The highest BCUT2D eigenvalue weighted by Gasteiger charge is 2.44. The van der Waals surface area contributed by atoms with Crippen molar-refractivity contribution in [3.05, 3.63) is 65.0 Å². The number of benzene rings is 1. The Morgan fingerprint density at radius 1 is 1.19 bits per heavy atom. The maximum Gasteiger partial charge on any atom is 0.143 e. The normalized spacial score (nSPS) is 23.5. The monoisotopic (exact) mass is 348 g/mol. The number of anilines is 1. The van der Waals surface area contributed by atoms with Gasteiger partial charge in [-0.1, -0.05) is 24.6 Å². The molecule has 0 radical (unpaired) electrons. The molecule has 1 unspecified atom stereocenters. The third-order valence-electron chi connectivity index (χ3n) is 6.24. The topological polar surface area (TPSA) is 66.0 Å². The number of hydrogen-bond acceptors (Lipinski definition) is 4. The summed E-state index contributed by atoms with van der Waals surface area (Å²) in [6.07, 6.45) is 9.93. The lowest BCUT2D eigenvalue weighted by Gasteiger charge is -2.41. The van der Waals surface area contributed by atoms with E-state index in [1.807, 2.05) is 12.1 Å². The van der Waals surface area contributed by atoms with Crippen molar-refractivity contribution < 1.29 is 4.74 Å². The Balaban J connectivity index is 1.51. The third-order valence-corrected chi connectivity index (χ3v) is 6.24. The second-order valence-electron chi connectivity index (χ2n) is 7.70. The van der Waals surface area contributed by atoms with Crippen LogP contribution in [-0.4, -0.2) is 21.4 Å². The van der Waals surface area contributed by atoms with E-state index in [0.29, 0.717) is 0 Å². The first kappa shape index (κ1) is 15.7. The standard InChI is InChI=1S/C21H24N4O/c1-25-19(15-3-8-18-14(13-15)9-12-26-18)23-24-20(25)21(10-2-11-21)16-4-6-17(22)7-5-16/h4-8,13,15H,2-3,9-12,22H2,1H3. The molecule has 1 atom stereocenters. The summed E-state index contributed by atoms with van der Waals surface area (Å²) in [6.45, 7) is 0.800. The highest BCUT2D eigenvalue weighted by Crippen LogP contribution is 2.48. The Morgan fingerprint density at radius 2 is 2.00 bits per heavy atom. The van der Waals surface area contributed by atoms with E-state index in [4.69, 9.17) is 10.5 Å². The van der Waals surface area contributed by atoms with Gasteiger partial charge in [-0.05, 0) is 48.6 Å². The Bertz CT molecular complexity index is 903. The second-order valence-corrected chi connectivity index (χ2v) is 7.70. The lowest BCUT2D eigenvalue weighted by Crippen LogP contribution is -2.38. The molecule has 1 saturated carbocycles. The fourth-order valence-electron chi connectivity index (χ4n) is 4.62. The minimum Gasteiger partial charge on any atom is -0.493 e. The summed E-state index contributed by atoms with van der Waals surface area (Å²) in [7, 11) is 2.12. The van der Waals surface area contributed by atoms with Gasteiger partial charge in [0.05, 0.1) is 12.0 Å². The first-order valence-corrected chi connectivity index (χ1v) is 9.47. The minimum absolute atomic E-state index is 0.0209. The number of hydrogen-bond donors (Lipinski definition) is 1. The van der Waals surface area contributed by atoms with Gasteiger partial charge in [-0.25, -0.2) is 0 Å². The molecule has 2 N–H and O–H groups in total.